The van der Waals surface area contributed by atoms with E-state index < -0.39 is 0 Å². The third-order valence-electron chi connectivity index (χ3n) is 3.58. The average Bonchev–Trinajstić information content (AvgIpc) is 2.75. The van der Waals surface area contributed by atoms with Gasteiger partial charge in [-0.2, -0.15) is 0 Å². The summed E-state index contributed by atoms with van der Waals surface area (Å²) < 4.78 is 0. The predicted octanol–water partition coefficient (Wildman–Crippen LogP) is 1.56. The van der Waals surface area contributed by atoms with E-state index in [9.17, 15) is 0 Å². The quantitative estimate of drug-likeness (QED) is 0.639. The maximum Gasteiger partial charge on any atom is 0.0235 e. The highest BCUT2D eigenvalue weighted by molar-refractivity contribution is 4.86. The number of rotatable bonds is 2. The second kappa shape index (κ2) is 3.97. The van der Waals surface area contributed by atoms with Gasteiger partial charge >= 0.3 is 0 Å². The van der Waals surface area contributed by atoms with Gasteiger partial charge < -0.3 is 0 Å². The van der Waals surface area contributed by atoms with Crippen LogP contribution in [0.3, 0.4) is 0 Å². The smallest absolute Gasteiger partial charge is 0.0235 e. The zero-order chi connectivity index (χ0) is 9.26. The fourth-order valence-electron chi connectivity index (χ4n) is 2.64. The molecular weight excluding hydrogens is 160 g/mol. The van der Waals surface area contributed by atoms with E-state index in [4.69, 9.17) is 0 Å². The molecule has 0 bridgehead atoms. The molecule has 13 heavy (non-hydrogen) atoms. The van der Waals surface area contributed by atoms with Gasteiger partial charge in [0.1, 0.15) is 0 Å². The number of likely N-dealkylation sites (tertiary alicyclic amines) is 2. The van der Waals surface area contributed by atoms with Crippen LogP contribution in [0.4, 0.5) is 0 Å². The van der Waals surface area contributed by atoms with Crippen LogP contribution >= 0.6 is 0 Å². The summed E-state index contributed by atoms with van der Waals surface area (Å²) >= 11 is 0. The van der Waals surface area contributed by atoms with Crippen LogP contribution in [-0.4, -0.2) is 48.1 Å². The lowest BCUT2D eigenvalue weighted by Crippen LogP contribution is -2.37. The summed E-state index contributed by atoms with van der Waals surface area (Å²) in [4.78, 5) is 5.31. The minimum atomic E-state index is 0.743. The van der Waals surface area contributed by atoms with Crippen LogP contribution < -0.4 is 0 Å². The van der Waals surface area contributed by atoms with Crippen molar-refractivity contribution in [2.75, 3.05) is 26.2 Å². The van der Waals surface area contributed by atoms with E-state index >= 15 is 0 Å². The Morgan fingerprint density at radius 3 is 2.31 bits per heavy atom. The van der Waals surface area contributed by atoms with Gasteiger partial charge in [-0.3, -0.25) is 9.80 Å². The van der Waals surface area contributed by atoms with E-state index in [2.05, 4.69) is 23.6 Å². The molecule has 0 saturated carbocycles. The van der Waals surface area contributed by atoms with Crippen molar-refractivity contribution in [2.45, 2.75) is 45.2 Å². The first-order chi connectivity index (χ1) is 6.27. The van der Waals surface area contributed by atoms with Crippen molar-refractivity contribution in [1.29, 1.82) is 0 Å². The van der Waals surface area contributed by atoms with Gasteiger partial charge in [-0.15, -0.1) is 0 Å². The molecule has 0 aromatic heterocycles. The molecule has 2 aliphatic heterocycles. The lowest BCUT2D eigenvalue weighted by molar-refractivity contribution is 0.214. The van der Waals surface area contributed by atoms with Crippen LogP contribution in [0.1, 0.15) is 33.1 Å². The van der Waals surface area contributed by atoms with E-state index in [0.29, 0.717) is 0 Å². The molecule has 0 aliphatic carbocycles. The van der Waals surface area contributed by atoms with Gasteiger partial charge in [0, 0.05) is 25.2 Å². The number of hydrogen-bond acceptors (Lipinski definition) is 2. The fraction of sp³-hybridized carbons (Fsp3) is 1.00. The van der Waals surface area contributed by atoms with E-state index in [-0.39, 0.29) is 0 Å². The largest absolute Gasteiger partial charge is 0.299 e. The Labute approximate surface area is 81.9 Å². The number of hydrogen-bond donors (Lipinski definition) is 0. The number of nitrogens with zero attached hydrogens (tertiary/aromatic N) is 2. The van der Waals surface area contributed by atoms with Crippen molar-refractivity contribution in [3.63, 3.8) is 0 Å². The first-order valence-electron chi connectivity index (χ1n) is 5.75. The van der Waals surface area contributed by atoms with Gasteiger partial charge in [0.2, 0.25) is 0 Å². The van der Waals surface area contributed by atoms with Crippen LogP contribution in [0.25, 0.3) is 0 Å². The summed E-state index contributed by atoms with van der Waals surface area (Å²) in [6, 6.07) is 1.62. The normalized spacial score (nSPS) is 32.1. The molecule has 2 heteroatoms. The summed E-state index contributed by atoms with van der Waals surface area (Å²) in [5.74, 6) is 0. The molecule has 0 aromatic carbocycles. The van der Waals surface area contributed by atoms with E-state index in [1.54, 1.807) is 0 Å². The average molecular weight is 182 g/mol. The third-order valence-corrected chi connectivity index (χ3v) is 3.58. The molecule has 0 spiro atoms. The molecule has 0 aromatic rings. The van der Waals surface area contributed by atoms with E-state index in [0.717, 1.165) is 12.1 Å². The molecule has 0 radical (unpaired) electrons. The van der Waals surface area contributed by atoms with Crippen molar-refractivity contribution in [2.24, 2.45) is 0 Å². The standard InChI is InChI=1S/C11H22N2/c1-10(2)13-8-5-11(9-13)12-6-3-4-7-12/h10-11H,3-9H2,1-2H3/t11-/m0/s1. The maximum absolute atomic E-state index is 2.70. The van der Waals surface area contributed by atoms with E-state index in [1.807, 2.05) is 0 Å². The topological polar surface area (TPSA) is 6.48 Å². The Hall–Kier alpha value is -0.0800. The molecular formula is C11H22N2. The van der Waals surface area contributed by atoms with Crippen molar-refractivity contribution in [1.82, 2.24) is 9.80 Å². The summed E-state index contributed by atoms with van der Waals surface area (Å²) in [5, 5.41) is 0. The molecule has 0 N–H and O–H groups in total. The van der Waals surface area contributed by atoms with Gasteiger partial charge in [-0.1, -0.05) is 0 Å². The van der Waals surface area contributed by atoms with Crippen molar-refractivity contribution in [3.05, 3.63) is 0 Å². The molecule has 1 atom stereocenters. The second-order valence-electron chi connectivity index (χ2n) is 4.77. The second-order valence-corrected chi connectivity index (χ2v) is 4.77. The van der Waals surface area contributed by atoms with Crippen LogP contribution in [0, 0.1) is 0 Å². The Balaban J connectivity index is 1.83. The van der Waals surface area contributed by atoms with Crippen molar-refractivity contribution in [3.8, 4) is 0 Å². The SMILES string of the molecule is CC(C)N1CC[C@H](N2CCCC2)C1. The summed E-state index contributed by atoms with van der Waals surface area (Å²) in [7, 11) is 0. The van der Waals surface area contributed by atoms with Crippen LogP contribution in [-0.2, 0) is 0 Å². The highest BCUT2D eigenvalue weighted by Gasteiger charge is 2.29. The van der Waals surface area contributed by atoms with Gasteiger partial charge in [-0.05, 0) is 46.2 Å². The van der Waals surface area contributed by atoms with Crippen molar-refractivity contribution >= 4 is 0 Å². The van der Waals surface area contributed by atoms with Gasteiger partial charge in [-0.25, -0.2) is 0 Å². The maximum atomic E-state index is 2.70. The predicted molar refractivity (Wildman–Crippen MR) is 55.9 cm³/mol. The summed E-state index contributed by atoms with van der Waals surface area (Å²) in [6.07, 6.45) is 4.26. The van der Waals surface area contributed by atoms with Crippen LogP contribution in [0.5, 0.6) is 0 Å². The molecule has 2 saturated heterocycles. The summed E-state index contributed by atoms with van der Waals surface area (Å²) in [5.41, 5.74) is 0. The van der Waals surface area contributed by atoms with Gasteiger partial charge in [0.15, 0.2) is 0 Å². The third kappa shape index (κ3) is 2.05. The van der Waals surface area contributed by atoms with E-state index in [1.165, 1.54) is 45.4 Å². The first kappa shape index (κ1) is 9.47. The highest BCUT2D eigenvalue weighted by Crippen LogP contribution is 2.21. The molecule has 0 amide bonds. The molecule has 2 aliphatic rings. The molecule has 76 valence electrons. The lowest BCUT2D eigenvalue weighted by atomic mass is 10.2. The Bertz CT molecular complexity index is 161. The monoisotopic (exact) mass is 182 g/mol. The molecule has 2 rings (SSSR count). The lowest BCUT2D eigenvalue weighted by Gasteiger charge is -2.25. The zero-order valence-corrected chi connectivity index (χ0v) is 9.00. The van der Waals surface area contributed by atoms with Gasteiger partial charge in [0.25, 0.3) is 0 Å². The fourth-order valence-corrected chi connectivity index (χ4v) is 2.64. The molecule has 2 fully saturated rings. The molecule has 2 nitrogen and oxygen atoms in total. The molecule has 2 heterocycles. The minimum Gasteiger partial charge on any atom is -0.299 e. The Kier molecular flexibility index (Phi) is 2.89. The highest BCUT2D eigenvalue weighted by atomic mass is 15.3. The Morgan fingerprint density at radius 1 is 1.08 bits per heavy atom. The molecule has 0 unspecified atom stereocenters. The minimum absolute atomic E-state index is 0.743. The summed E-state index contributed by atoms with van der Waals surface area (Å²) in [6.45, 7) is 9.97. The van der Waals surface area contributed by atoms with Crippen LogP contribution in [0.2, 0.25) is 0 Å². The van der Waals surface area contributed by atoms with Crippen LogP contribution in [0.15, 0.2) is 0 Å². The van der Waals surface area contributed by atoms with Crippen molar-refractivity contribution < 1.29 is 0 Å². The Morgan fingerprint density at radius 2 is 1.77 bits per heavy atom. The first-order valence-corrected chi connectivity index (χ1v) is 5.75. The zero-order valence-electron chi connectivity index (χ0n) is 9.00. The van der Waals surface area contributed by atoms with Gasteiger partial charge in [0.05, 0.1) is 0 Å².